The normalized spacial score (nSPS) is 10.1. The number of hydrogen-bond acceptors (Lipinski definition) is 6. The number of nitrogens with two attached hydrogens (primary N) is 1. The minimum absolute atomic E-state index is 0.0551. The molecule has 1 aromatic carbocycles. The van der Waals surface area contributed by atoms with Crippen molar-refractivity contribution < 1.29 is 18.8 Å². The topological polar surface area (TPSA) is 120 Å². The average molecular weight is 290 g/mol. The van der Waals surface area contributed by atoms with Crippen molar-refractivity contribution in [1.82, 2.24) is 15.5 Å². The fourth-order valence-electron chi connectivity index (χ4n) is 1.63. The molecule has 0 atom stereocenters. The van der Waals surface area contributed by atoms with Gasteiger partial charge in [0.05, 0.1) is 20.1 Å². The Morgan fingerprint density at radius 2 is 2.24 bits per heavy atom. The summed E-state index contributed by atoms with van der Waals surface area (Å²) in [5, 5.41) is 6.14. The highest BCUT2D eigenvalue weighted by molar-refractivity contribution is 5.87. The van der Waals surface area contributed by atoms with Crippen LogP contribution >= 0.6 is 0 Å². The van der Waals surface area contributed by atoms with E-state index >= 15 is 0 Å². The zero-order valence-electron chi connectivity index (χ0n) is 11.3. The Labute approximate surface area is 120 Å². The summed E-state index contributed by atoms with van der Waals surface area (Å²) in [6.45, 7) is 0.0551. The van der Waals surface area contributed by atoms with Crippen LogP contribution in [0.1, 0.15) is 22.1 Å². The number of carbonyl (C=O) groups is 2. The number of nitrogens with one attached hydrogen (secondary N) is 1. The third kappa shape index (κ3) is 4.03. The van der Waals surface area contributed by atoms with Crippen molar-refractivity contribution in [2.45, 2.75) is 13.0 Å². The van der Waals surface area contributed by atoms with E-state index in [4.69, 9.17) is 10.5 Å². The standard InChI is InChI=1S/C13H14N4O4/c1-20-9-4-2-3-8(5-9)6-11(18)15-7-10-16-13(12(14)19)21-17-10/h2-5H,6-7H2,1H3,(H2,14,19)(H,15,18). The number of methoxy groups -OCH3 is 1. The van der Waals surface area contributed by atoms with Crippen molar-refractivity contribution in [3.63, 3.8) is 0 Å². The molecule has 2 rings (SSSR count). The summed E-state index contributed by atoms with van der Waals surface area (Å²) in [4.78, 5) is 26.3. The first-order valence-corrected chi connectivity index (χ1v) is 6.10. The number of rotatable bonds is 6. The first-order chi connectivity index (χ1) is 10.1. The maximum absolute atomic E-state index is 11.8. The van der Waals surface area contributed by atoms with Gasteiger partial charge in [0.2, 0.25) is 5.91 Å². The fourth-order valence-corrected chi connectivity index (χ4v) is 1.63. The first-order valence-electron chi connectivity index (χ1n) is 6.10. The van der Waals surface area contributed by atoms with Crippen LogP contribution in [0.15, 0.2) is 28.8 Å². The monoisotopic (exact) mass is 290 g/mol. The predicted octanol–water partition coefficient (Wildman–Crippen LogP) is 0.0360. The highest BCUT2D eigenvalue weighted by atomic mass is 16.5. The molecule has 0 radical (unpaired) electrons. The summed E-state index contributed by atoms with van der Waals surface area (Å²) < 4.78 is 9.69. The number of aromatic nitrogens is 2. The van der Waals surface area contributed by atoms with E-state index in [-0.39, 0.29) is 30.6 Å². The molecule has 0 aliphatic carbocycles. The van der Waals surface area contributed by atoms with Gasteiger partial charge in [-0.05, 0) is 17.7 Å². The lowest BCUT2D eigenvalue weighted by atomic mass is 10.1. The van der Waals surface area contributed by atoms with Gasteiger partial charge in [0, 0.05) is 0 Å². The molecule has 0 aliphatic heterocycles. The van der Waals surface area contributed by atoms with E-state index in [0.29, 0.717) is 5.75 Å². The van der Waals surface area contributed by atoms with Crippen LogP contribution in [0.4, 0.5) is 0 Å². The second-order valence-corrected chi connectivity index (χ2v) is 4.19. The van der Waals surface area contributed by atoms with Crippen molar-refractivity contribution in [1.29, 1.82) is 0 Å². The van der Waals surface area contributed by atoms with Gasteiger partial charge in [-0.2, -0.15) is 4.98 Å². The molecule has 8 nitrogen and oxygen atoms in total. The number of carbonyl (C=O) groups excluding carboxylic acids is 2. The molecule has 3 N–H and O–H groups in total. The Morgan fingerprint density at radius 3 is 2.90 bits per heavy atom. The van der Waals surface area contributed by atoms with Gasteiger partial charge in [-0.1, -0.05) is 17.3 Å². The summed E-state index contributed by atoms with van der Waals surface area (Å²) >= 11 is 0. The van der Waals surface area contributed by atoms with Gasteiger partial charge < -0.3 is 20.3 Å². The van der Waals surface area contributed by atoms with Crippen molar-refractivity contribution in [3.8, 4) is 5.75 Å². The average Bonchev–Trinajstić information content (AvgIpc) is 2.94. The van der Waals surface area contributed by atoms with Gasteiger partial charge in [-0.15, -0.1) is 0 Å². The van der Waals surface area contributed by atoms with Gasteiger partial charge in [-0.25, -0.2) is 0 Å². The van der Waals surface area contributed by atoms with Gasteiger partial charge in [0.15, 0.2) is 5.82 Å². The summed E-state index contributed by atoms with van der Waals surface area (Å²) in [5.74, 6) is -0.440. The van der Waals surface area contributed by atoms with E-state index in [9.17, 15) is 9.59 Å². The fraction of sp³-hybridized carbons (Fsp3) is 0.231. The molecule has 0 spiro atoms. The van der Waals surface area contributed by atoms with Crippen molar-refractivity contribution in [2.75, 3.05) is 7.11 Å². The molecule has 21 heavy (non-hydrogen) atoms. The number of amides is 2. The number of primary amides is 1. The van der Waals surface area contributed by atoms with Crippen LogP contribution in [-0.2, 0) is 17.8 Å². The van der Waals surface area contributed by atoms with Crippen LogP contribution in [0.2, 0.25) is 0 Å². The molecule has 0 saturated heterocycles. The van der Waals surface area contributed by atoms with Gasteiger partial charge in [0.1, 0.15) is 5.75 Å². The van der Waals surface area contributed by atoms with E-state index < -0.39 is 5.91 Å². The molecule has 8 heteroatoms. The Kier molecular flexibility index (Phi) is 4.50. The van der Waals surface area contributed by atoms with Crippen LogP contribution in [0.3, 0.4) is 0 Å². The third-order valence-corrected chi connectivity index (χ3v) is 2.62. The highest BCUT2D eigenvalue weighted by Gasteiger charge is 2.12. The maximum atomic E-state index is 11.8. The summed E-state index contributed by atoms with van der Waals surface area (Å²) in [5.41, 5.74) is 5.80. The van der Waals surface area contributed by atoms with Crippen LogP contribution in [0.25, 0.3) is 0 Å². The number of benzene rings is 1. The minimum atomic E-state index is -0.809. The number of ether oxygens (including phenoxy) is 1. The molecule has 0 unspecified atom stereocenters. The number of hydrogen-bond donors (Lipinski definition) is 2. The summed E-state index contributed by atoms with van der Waals surface area (Å²) in [7, 11) is 1.56. The molecule has 0 saturated carbocycles. The molecule has 1 heterocycles. The molecular weight excluding hydrogens is 276 g/mol. The highest BCUT2D eigenvalue weighted by Crippen LogP contribution is 2.12. The molecule has 2 amide bonds. The lowest BCUT2D eigenvalue weighted by Gasteiger charge is -2.04. The Hall–Kier alpha value is -2.90. The predicted molar refractivity (Wildman–Crippen MR) is 71.4 cm³/mol. The third-order valence-electron chi connectivity index (χ3n) is 2.62. The molecule has 1 aromatic heterocycles. The van der Waals surface area contributed by atoms with Gasteiger partial charge in [-0.3, -0.25) is 9.59 Å². The zero-order chi connectivity index (χ0) is 15.2. The molecular formula is C13H14N4O4. The molecule has 0 fully saturated rings. The Bertz CT molecular complexity index is 653. The van der Waals surface area contributed by atoms with E-state index in [0.717, 1.165) is 5.56 Å². The molecule has 0 bridgehead atoms. The second kappa shape index (κ2) is 6.51. The zero-order valence-corrected chi connectivity index (χ0v) is 11.3. The minimum Gasteiger partial charge on any atom is -0.497 e. The first kappa shape index (κ1) is 14.5. The van der Waals surface area contributed by atoms with Crippen molar-refractivity contribution in [2.24, 2.45) is 5.73 Å². The Balaban J connectivity index is 1.87. The van der Waals surface area contributed by atoms with Crippen molar-refractivity contribution in [3.05, 3.63) is 41.5 Å². The maximum Gasteiger partial charge on any atom is 0.315 e. The van der Waals surface area contributed by atoms with E-state index in [1.807, 2.05) is 6.07 Å². The summed E-state index contributed by atoms with van der Waals surface area (Å²) in [6, 6.07) is 7.20. The van der Waals surface area contributed by atoms with Gasteiger partial charge in [0.25, 0.3) is 0 Å². The molecule has 110 valence electrons. The van der Waals surface area contributed by atoms with Crippen LogP contribution in [0, 0.1) is 0 Å². The summed E-state index contributed by atoms with van der Waals surface area (Å²) in [6.07, 6.45) is 0.192. The van der Waals surface area contributed by atoms with Crippen LogP contribution in [0.5, 0.6) is 5.75 Å². The quantitative estimate of drug-likeness (QED) is 0.774. The largest absolute Gasteiger partial charge is 0.497 e. The van der Waals surface area contributed by atoms with Gasteiger partial charge >= 0.3 is 11.8 Å². The lowest BCUT2D eigenvalue weighted by Crippen LogP contribution is -2.25. The second-order valence-electron chi connectivity index (χ2n) is 4.19. The van der Waals surface area contributed by atoms with Crippen molar-refractivity contribution >= 4 is 11.8 Å². The Morgan fingerprint density at radius 1 is 1.43 bits per heavy atom. The molecule has 0 aliphatic rings. The molecule has 2 aromatic rings. The van der Waals surface area contributed by atoms with E-state index in [1.54, 1.807) is 25.3 Å². The smallest absolute Gasteiger partial charge is 0.315 e. The number of nitrogens with zero attached hydrogens (tertiary/aromatic N) is 2. The lowest BCUT2D eigenvalue weighted by molar-refractivity contribution is -0.120. The van der Waals surface area contributed by atoms with E-state index in [1.165, 1.54) is 0 Å². The van der Waals surface area contributed by atoms with E-state index in [2.05, 4.69) is 20.0 Å². The SMILES string of the molecule is COc1cccc(CC(=O)NCc2noc(C(N)=O)n2)c1. The van der Waals surface area contributed by atoms with Crippen LogP contribution in [-0.4, -0.2) is 29.1 Å². The van der Waals surface area contributed by atoms with Crippen LogP contribution < -0.4 is 15.8 Å².